The number of hydrogen-bond donors (Lipinski definition) is 0. The van der Waals surface area contributed by atoms with Gasteiger partial charge in [0.15, 0.2) is 6.23 Å². The molecule has 0 N–H and O–H groups in total. The summed E-state index contributed by atoms with van der Waals surface area (Å²) in [5, 5.41) is 8.33. The van der Waals surface area contributed by atoms with Crippen molar-refractivity contribution in [1.82, 2.24) is 15.0 Å². The molecule has 4 nitrogen and oxygen atoms in total. The number of ether oxygens (including phenoxy) is 1. The quantitative estimate of drug-likeness (QED) is 0.794. The highest BCUT2D eigenvalue weighted by molar-refractivity contribution is 5.57. The molecule has 17 heavy (non-hydrogen) atoms. The third-order valence-corrected chi connectivity index (χ3v) is 3.06. The maximum atomic E-state index is 5.57. The maximum Gasteiger partial charge on any atom is 0.152 e. The van der Waals surface area contributed by atoms with E-state index in [-0.39, 0.29) is 6.23 Å². The summed E-state index contributed by atoms with van der Waals surface area (Å²) in [6.45, 7) is 2.90. The first-order chi connectivity index (χ1) is 8.33. The molecule has 1 aromatic carbocycles. The summed E-state index contributed by atoms with van der Waals surface area (Å²) < 4.78 is 7.39. The van der Waals surface area contributed by atoms with Gasteiger partial charge in [0.05, 0.1) is 6.20 Å². The summed E-state index contributed by atoms with van der Waals surface area (Å²) in [6.07, 6.45) is 4.16. The molecule has 1 aliphatic rings. The van der Waals surface area contributed by atoms with Gasteiger partial charge >= 0.3 is 0 Å². The zero-order chi connectivity index (χ0) is 11.7. The number of aromatic nitrogens is 3. The van der Waals surface area contributed by atoms with Crippen LogP contribution < -0.4 is 0 Å². The standard InChI is InChI=1S/C13H15N3O/c1-10-4-6-11(7-5-10)12-9-16(15-14-12)13-3-2-8-17-13/h4-7,9,13H,2-3,8H2,1H3/t13-/m1/s1. The molecule has 3 rings (SSSR count). The Hall–Kier alpha value is -1.68. The Kier molecular flexibility index (Phi) is 2.65. The fourth-order valence-electron chi connectivity index (χ4n) is 2.04. The van der Waals surface area contributed by atoms with Gasteiger partial charge in [0, 0.05) is 12.2 Å². The van der Waals surface area contributed by atoms with Crippen LogP contribution in [0, 0.1) is 6.92 Å². The molecule has 88 valence electrons. The van der Waals surface area contributed by atoms with E-state index < -0.39 is 0 Å². The van der Waals surface area contributed by atoms with Gasteiger partial charge in [-0.05, 0) is 19.8 Å². The van der Waals surface area contributed by atoms with Crippen molar-refractivity contribution in [2.24, 2.45) is 0 Å². The summed E-state index contributed by atoms with van der Waals surface area (Å²) in [5.41, 5.74) is 3.25. The van der Waals surface area contributed by atoms with Crippen LogP contribution in [0.5, 0.6) is 0 Å². The molecule has 0 unspecified atom stereocenters. The molecule has 2 aromatic rings. The Labute approximate surface area is 100 Å². The predicted octanol–water partition coefficient (Wildman–Crippen LogP) is 2.56. The topological polar surface area (TPSA) is 39.9 Å². The van der Waals surface area contributed by atoms with Crippen LogP contribution in [0.4, 0.5) is 0 Å². The molecular formula is C13H15N3O. The SMILES string of the molecule is Cc1ccc(-c2cn([C@H]3CCCO3)nn2)cc1. The normalized spacial score (nSPS) is 19.7. The number of hydrogen-bond acceptors (Lipinski definition) is 3. The second-order valence-electron chi connectivity index (χ2n) is 4.42. The first-order valence-electron chi connectivity index (χ1n) is 5.93. The first kappa shape index (κ1) is 10.5. The number of benzene rings is 1. The maximum absolute atomic E-state index is 5.57. The summed E-state index contributed by atoms with van der Waals surface area (Å²) in [7, 11) is 0. The van der Waals surface area contributed by atoms with Gasteiger partial charge in [0.25, 0.3) is 0 Å². The van der Waals surface area contributed by atoms with Crippen LogP contribution in [-0.4, -0.2) is 21.6 Å². The minimum absolute atomic E-state index is 0.0710. The second kappa shape index (κ2) is 4.30. The highest BCUT2D eigenvalue weighted by Crippen LogP contribution is 2.24. The van der Waals surface area contributed by atoms with Crippen LogP contribution in [0.2, 0.25) is 0 Å². The van der Waals surface area contributed by atoms with Crippen LogP contribution in [0.15, 0.2) is 30.5 Å². The Morgan fingerprint density at radius 3 is 2.82 bits per heavy atom. The van der Waals surface area contributed by atoms with E-state index in [9.17, 15) is 0 Å². The Morgan fingerprint density at radius 1 is 1.29 bits per heavy atom. The van der Waals surface area contributed by atoms with Crippen LogP contribution in [0.25, 0.3) is 11.3 Å². The lowest BCUT2D eigenvalue weighted by Gasteiger charge is -2.07. The molecule has 4 heteroatoms. The Balaban J connectivity index is 1.86. The van der Waals surface area contributed by atoms with E-state index >= 15 is 0 Å². The van der Waals surface area contributed by atoms with E-state index in [4.69, 9.17) is 4.74 Å². The van der Waals surface area contributed by atoms with Gasteiger partial charge in [-0.3, -0.25) is 0 Å². The highest BCUT2D eigenvalue weighted by Gasteiger charge is 2.18. The summed E-state index contributed by atoms with van der Waals surface area (Å²) >= 11 is 0. The van der Waals surface area contributed by atoms with E-state index in [1.807, 2.05) is 10.9 Å². The fraction of sp³-hybridized carbons (Fsp3) is 0.385. The monoisotopic (exact) mass is 229 g/mol. The average molecular weight is 229 g/mol. The lowest BCUT2D eigenvalue weighted by atomic mass is 10.1. The van der Waals surface area contributed by atoms with E-state index in [0.29, 0.717) is 0 Å². The zero-order valence-electron chi connectivity index (χ0n) is 9.84. The van der Waals surface area contributed by atoms with Gasteiger partial charge in [0.2, 0.25) is 0 Å². The minimum Gasteiger partial charge on any atom is -0.356 e. The molecule has 1 atom stereocenters. The Bertz CT molecular complexity index is 498. The van der Waals surface area contributed by atoms with Crippen LogP contribution in [-0.2, 0) is 4.74 Å². The number of rotatable bonds is 2. The van der Waals surface area contributed by atoms with Crippen LogP contribution in [0.1, 0.15) is 24.6 Å². The molecule has 0 saturated carbocycles. The largest absolute Gasteiger partial charge is 0.356 e. The van der Waals surface area contributed by atoms with Crippen molar-refractivity contribution in [2.75, 3.05) is 6.61 Å². The minimum atomic E-state index is 0.0710. The molecule has 0 amide bonds. The lowest BCUT2D eigenvalue weighted by molar-refractivity contribution is 0.0453. The molecular weight excluding hydrogens is 214 g/mol. The van der Waals surface area contributed by atoms with Crippen LogP contribution >= 0.6 is 0 Å². The molecule has 0 spiro atoms. The first-order valence-corrected chi connectivity index (χ1v) is 5.93. The van der Waals surface area contributed by atoms with Gasteiger partial charge in [-0.1, -0.05) is 35.0 Å². The van der Waals surface area contributed by atoms with Gasteiger partial charge in [0.1, 0.15) is 5.69 Å². The van der Waals surface area contributed by atoms with Crippen molar-refractivity contribution in [3.63, 3.8) is 0 Å². The number of aryl methyl sites for hydroxylation is 1. The zero-order valence-corrected chi connectivity index (χ0v) is 9.84. The highest BCUT2D eigenvalue weighted by atomic mass is 16.5. The molecule has 0 bridgehead atoms. The van der Waals surface area contributed by atoms with Crippen molar-refractivity contribution >= 4 is 0 Å². The lowest BCUT2D eigenvalue weighted by Crippen LogP contribution is -2.07. The van der Waals surface area contributed by atoms with Gasteiger partial charge in [-0.25, -0.2) is 4.68 Å². The Morgan fingerprint density at radius 2 is 2.12 bits per heavy atom. The van der Waals surface area contributed by atoms with Crippen molar-refractivity contribution in [1.29, 1.82) is 0 Å². The van der Waals surface area contributed by atoms with Gasteiger partial charge in [-0.2, -0.15) is 0 Å². The molecule has 0 aliphatic carbocycles. The van der Waals surface area contributed by atoms with Crippen LogP contribution in [0.3, 0.4) is 0 Å². The van der Waals surface area contributed by atoms with Crippen molar-refractivity contribution < 1.29 is 4.74 Å². The smallest absolute Gasteiger partial charge is 0.152 e. The van der Waals surface area contributed by atoms with Gasteiger partial charge in [-0.15, -0.1) is 5.10 Å². The van der Waals surface area contributed by atoms with E-state index in [0.717, 1.165) is 30.7 Å². The average Bonchev–Trinajstić information content (AvgIpc) is 3.00. The predicted molar refractivity (Wildman–Crippen MR) is 64.4 cm³/mol. The van der Waals surface area contributed by atoms with E-state index in [2.05, 4.69) is 41.5 Å². The summed E-state index contributed by atoms with van der Waals surface area (Å²) in [5.74, 6) is 0. The third-order valence-electron chi connectivity index (χ3n) is 3.06. The molecule has 0 radical (unpaired) electrons. The second-order valence-corrected chi connectivity index (χ2v) is 4.42. The fourth-order valence-corrected chi connectivity index (χ4v) is 2.04. The third kappa shape index (κ3) is 2.08. The molecule has 2 heterocycles. The van der Waals surface area contributed by atoms with Crippen molar-refractivity contribution in [3.05, 3.63) is 36.0 Å². The van der Waals surface area contributed by atoms with E-state index in [1.165, 1.54) is 5.56 Å². The summed E-state index contributed by atoms with van der Waals surface area (Å²) in [6, 6.07) is 8.30. The van der Waals surface area contributed by atoms with E-state index in [1.54, 1.807) is 0 Å². The molecule has 1 aromatic heterocycles. The molecule has 1 aliphatic heterocycles. The summed E-state index contributed by atoms with van der Waals surface area (Å²) in [4.78, 5) is 0. The molecule has 1 fully saturated rings. The van der Waals surface area contributed by atoms with Crippen molar-refractivity contribution in [3.8, 4) is 11.3 Å². The number of nitrogens with zero attached hydrogens (tertiary/aromatic N) is 3. The molecule has 1 saturated heterocycles. The van der Waals surface area contributed by atoms with Crippen molar-refractivity contribution in [2.45, 2.75) is 26.0 Å². The van der Waals surface area contributed by atoms with Gasteiger partial charge < -0.3 is 4.74 Å².